The molecule has 10 aromatic rings. The summed E-state index contributed by atoms with van der Waals surface area (Å²) in [6.07, 6.45) is 0. The van der Waals surface area contributed by atoms with Crippen molar-refractivity contribution >= 4 is 48.6 Å². The van der Waals surface area contributed by atoms with E-state index in [1.54, 1.807) is 0 Å². The molecule has 0 atom stereocenters. The summed E-state index contributed by atoms with van der Waals surface area (Å²) in [5.41, 5.74) is 15.4. The number of nitrogens with zero attached hydrogens (tertiary/aromatic N) is 1. The first kappa shape index (κ1) is 33.6. The molecule has 0 aliphatic carbocycles. The minimum atomic E-state index is 1.10. The van der Waals surface area contributed by atoms with Crippen molar-refractivity contribution in [2.75, 3.05) is 4.90 Å². The molecule has 0 saturated heterocycles. The fourth-order valence-corrected chi connectivity index (χ4v) is 9.12. The Balaban J connectivity index is 1.09. The van der Waals surface area contributed by atoms with Crippen LogP contribution in [0.2, 0.25) is 0 Å². The van der Waals surface area contributed by atoms with Gasteiger partial charge in [0.1, 0.15) is 0 Å². The van der Waals surface area contributed by atoms with E-state index in [4.69, 9.17) is 0 Å². The molecular weight excluding hydrogens is 695 g/mol. The lowest BCUT2D eigenvalue weighted by atomic mass is 9.92. The van der Waals surface area contributed by atoms with Gasteiger partial charge in [-0.3, -0.25) is 0 Å². The molecule has 0 unspecified atom stereocenters. The van der Waals surface area contributed by atoms with E-state index < -0.39 is 0 Å². The van der Waals surface area contributed by atoms with Crippen LogP contribution in [-0.2, 0) is 0 Å². The number of thiophene rings is 1. The molecular formula is C54H37NS. The molecule has 0 aliphatic rings. The first-order valence-electron chi connectivity index (χ1n) is 19.1. The summed E-state index contributed by atoms with van der Waals surface area (Å²) in [7, 11) is 0. The van der Waals surface area contributed by atoms with Crippen molar-refractivity contribution in [3.63, 3.8) is 0 Å². The summed E-state index contributed by atoms with van der Waals surface area (Å²) in [4.78, 5) is 2.38. The number of benzene rings is 9. The zero-order chi connectivity index (χ0) is 37.3. The maximum Gasteiger partial charge on any atom is 0.0468 e. The highest BCUT2D eigenvalue weighted by molar-refractivity contribution is 7.26. The maximum absolute atomic E-state index is 2.38. The summed E-state index contributed by atoms with van der Waals surface area (Å²) < 4.78 is 2.63. The van der Waals surface area contributed by atoms with Crippen LogP contribution in [0.25, 0.3) is 75.8 Å². The molecule has 264 valence electrons. The van der Waals surface area contributed by atoms with Crippen molar-refractivity contribution in [1.29, 1.82) is 0 Å². The molecule has 1 aromatic heterocycles. The van der Waals surface area contributed by atoms with Crippen LogP contribution in [0, 0.1) is 0 Å². The average molecular weight is 732 g/mol. The summed E-state index contributed by atoms with van der Waals surface area (Å²) in [6, 6.07) is 81.2. The highest BCUT2D eigenvalue weighted by Crippen LogP contribution is 2.45. The Labute approximate surface area is 332 Å². The minimum absolute atomic E-state index is 1.10. The van der Waals surface area contributed by atoms with Crippen LogP contribution >= 0.6 is 11.3 Å². The zero-order valence-corrected chi connectivity index (χ0v) is 31.5. The van der Waals surface area contributed by atoms with Crippen LogP contribution in [0.4, 0.5) is 17.1 Å². The lowest BCUT2D eigenvalue weighted by molar-refractivity contribution is 1.28. The van der Waals surface area contributed by atoms with Gasteiger partial charge in [0.05, 0.1) is 0 Å². The van der Waals surface area contributed by atoms with Crippen molar-refractivity contribution in [2.24, 2.45) is 0 Å². The Morgan fingerprint density at radius 2 is 0.696 bits per heavy atom. The average Bonchev–Trinajstić information content (AvgIpc) is 3.67. The Morgan fingerprint density at radius 1 is 0.268 bits per heavy atom. The molecule has 0 spiro atoms. The molecule has 0 fully saturated rings. The molecule has 2 heteroatoms. The van der Waals surface area contributed by atoms with Gasteiger partial charge in [-0.25, -0.2) is 0 Å². The van der Waals surface area contributed by atoms with Gasteiger partial charge in [0.15, 0.2) is 0 Å². The summed E-state index contributed by atoms with van der Waals surface area (Å²) in [5.74, 6) is 0. The van der Waals surface area contributed by atoms with Crippen LogP contribution < -0.4 is 4.90 Å². The van der Waals surface area contributed by atoms with Crippen LogP contribution in [0.15, 0.2) is 224 Å². The monoisotopic (exact) mass is 731 g/mol. The van der Waals surface area contributed by atoms with E-state index in [2.05, 4.69) is 229 Å². The number of hydrogen-bond acceptors (Lipinski definition) is 2. The predicted molar refractivity (Wildman–Crippen MR) is 241 cm³/mol. The van der Waals surface area contributed by atoms with Gasteiger partial charge in [-0.05, 0) is 92.5 Å². The van der Waals surface area contributed by atoms with E-state index in [-0.39, 0.29) is 0 Å². The Kier molecular flexibility index (Phi) is 8.79. The number of anilines is 3. The molecule has 1 heterocycles. The first-order chi connectivity index (χ1) is 27.8. The van der Waals surface area contributed by atoms with Gasteiger partial charge in [0.2, 0.25) is 0 Å². The Bertz CT molecular complexity index is 2910. The van der Waals surface area contributed by atoms with Crippen LogP contribution in [-0.4, -0.2) is 0 Å². The van der Waals surface area contributed by atoms with Crippen molar-refractivity contribution in [3.05, 3.63) is 224 Å². The molecule has 56 heavy (non-hydrogen) atoms. The number of hydrogen-bond donors (Lipinski definition) is 0. The number of fused-ring (bicyclic) bond motifs is 3. The van der Waals surface area contributed by atoms with Gasteiger partial charge < -0.3 is 4.90 Å². The Hall–Kier alpha value is -7.00. The van der Waals surface area contributed by atoms with E-state index in [0.29, 0.717) is 0 Å². The summed E-state index contributed by atoms with van der Waals surface area (Å²) in [6.45, 7) is 0. The third-order valence-corrected chi connectivity index (χ3v) is 11.9. The lowest BCUT2D eigenvalue weighted by Crippen LogP contribution is -2.10. The molecule has 0 amide bonds. The highest BCUT2D eigenvalue weighted by atomic mass is 32.1. The first-order valence-corrected chi connectivity index (χ1v) is 19.9. The van der Waals surface area contributed by atoms with Crippen molar-refractivity contribution in [1.82, 2.24) is 0 Å². The smallest absolute Gasteiger partial charge is 0.0468 e. The molecule has 0 N–H and O–H groups in total. The fourth-order valence-electron chi connectivity index (χ4n) is 7.89. The molecule has 10 rings (SSSR count). The zero-order valence-electron chi connectivity index (χ0n) is 30.7. The van der Waals surface area contributed by atoms with E-state index in [9.17, 15) is 0 Å². The molecule has 0 aliphatic heterocycles. The van der Waals surface area contributed by atoms with Gasteiger partial charge in [-0.1, -0.05) is 182 Å². The standard InChI is InChI=1S/C54H37NS/c1-4-13-38(14-5-1)40-23-25-41(26-24-40)43-29-33-46(34-30-43)55(45-31-27-42(28-32-45)39-15-6-2-7-16-39)47-35-36-48(52(37-47)44-17-8-3-9-18-44)50-20-12-21-51-49-19-10-11-22-53(49)56-54(50)51/h1-37H. The molecule has 0 radical (unpaired) electrons. The fraction of sp³-hybridized carbons (Fsp3) is 0. The molecule has 0 saturated carbocycles. The second kappa shape index (κ2) is 14.7. The maximum atomic E-state index is 2.38. The summed E-state index contributed by atoms with van der Waals surface area (Å²) in [5, 5.41) is 2.62. The van der Waals surface area contributed by atoms with E-state index in [1.165, 1.54) is 75.8 Å². The van der Waals surface area contributed by atoms with Crippen LogP contribution in [0.5, 0.6) is 0 Å². The van der Waals surface area contributed by atoms with Crippen molar-refractivity contribution in [3.8, 4) is 55.6 Å². The molecule has 1 nitrogen and oxygen atoms in total. The second-order valence-electron chi connectivity index (χ2n) is 14.1. The third-order valence-electron chi connectivity index (χ3n) is 10.7. The van der Waals surface area contributed by atoms with Gasteiger partial charge in [-0.2, -0.15) is 0 Å². The predicted octanol–water partition coefficient (Wildman–Crippen LogP) is 15.9. The Morgan fingerprint density at radius 3 is 1.25 bits per heavy atom. The third kappa shape index (κ3) is 6.36. The van der Waals surface area contributed by atoms with Gasteiger partial charge >= 0.3 is 0 Å². The topological polar surface area (TPSA) is 3.24 Å². The van der Waals surface area contributed by atoms with Gasteiger partial charge in [-0.15, -0.1) is 11.3 Å². The van der Waals surface area contributed by atoms with E-state index in [0.717, 1.165) is 17.1 Å². The molecule has 9 aromatic carbocycles. The molecule has 0 bridgehead atoms. The van der Waals surface area contributed by atoms with Gasteiger partial charge in [0.25, 0.3) is 0 Å². The van der Waals surface area contributed by atoms with E-state index >= 15 is 0 Å². The summed E-state index contributed by atoms with van der Waals surface area (Å²) >= 11 is 1.88. The minimum Gasteiger partial charge on any atom is -0.310 e. The normalized spacial score (nSPS) is 11.2. The SMILES string of the molecule is c1ccc(-c2ccc(-c3ccc(N(c4ccc(-c5ccccc5)cc4)c4ccc(-c5cccc6c5sc5ccccc56)c(-c5ccccc5)c4)cc3)cc2)cc1. The van der Waals surface area contributed by atoms with Crippen molar-refractivity contribution < 1.29 is 0 Å². The van der Waals surface area contributed by atoms with Gasteiger partial charge in [0, 0.05) is 42.8 Å². The lowest BCUT2D eigenvalue weighted by Gasteiger charge is -2.27. The van der Waals surface area contributed by atoms with Crippen molar-refractivity contribution in [2.45, 2.75) is 0 Å². The second-order valence-corrected chi connectivity index (χ2v) is 15.2. The number of rotatable bonds is 8. The van der Waals surface area contributed by atoms with E-state index in [1.807, 2.05) is 11.3 Å². The largest absolute Gasteiger partial charge is 0.310 e. The quantitative estimate of drug-likeness (QED) is 0.150. The van der Waals surface area contributed by atoms with Crippen LogP contribution in [0.1, 0.15) is 0 Å². The van der Waals surface area contributed by atoms with Crippen LogP contribution in [0.3, 0.4) is 0 Å². The highest BCUT2D eigenvalue weighted by Gasteiger charge is 2.19.